The maximum absolute atomic E-state index is 12.2. The molecule has 0 unspecified atom stereocenters. The van der Waals surface area contributed by atoms with Crippen molar-refractivity contribution in [1.29, 1.82) is 5.26 Å². The molecule has 5 heteroatoms. The monoisotopic (exact) mass is 329 g/mol. The van der Waals surface area contributed by atoms with Gasteiger partial charge < -0.3 is 11.1 Å². The third kappa shape index (κ3) is 3.16. The number of nitrogens with two attached hydrogens (primary N) is 1. The standard InChI is InChI=1S/C15H12BrN3O/c1-9-4-10(7-13(18)5-9)15(20)19-14-3-2-12(16)6-11(14)8-17/h2-7H,18H2,1H3,(H,19,20). The highest BCUT2D eigenvalue weighted by Gasteiger charge is 2.10. The summed E-state index contributed by atoms with van der Waals surface area (Å²) >= 11 is 3.29. The van der Waals surface area contributed by atoms with Crippen LogP contribution in [-0.2, 0) is 0 Å². The number of hydrogen-bond donors (Lipinski definition) is 2. The van der Waals surface area contributed by atoms with Crippen molar-refractivity contribution < 1.29 is 4.79 Å². The highest BCUT2D eigenvalue weighted by atomic mass is 79.9. The van der Waals surface area contributed by atoms with E-state index in [0.717, 1.165) is 10.0 Å². The first kappa shape index (κ1) is 14.1. The van der Waals surface area contributed by atoms with Gasteiger partial charge in [-0.15, -0.1) is 0 Å². The van der Waals surface area contributed by atoms with Gasteiger partial charge in [-0.25, -0.2) is 0 Å². The largest absolute Gasteiger partial charge is 0.399 e. The minimum atomic E-state index is -0.292. The van der Waals surface area contributed by atoms with E-state index in [-0.39, 0.29) is 5.91 Å². The summed E-state index contributed by atoms with van der Waals surface area (Å²) in [6, 6.07) is 12.3. The smallest absolute Gasteiger partial charge is 0.255 e. The van der Waals surface area contributed by atoms with Crippen LogP contribution in [0, 0.1) is 18.3 Å². The molecule has 0 saturated heterocycles. The van der Waals surface area contributed by atoms with Crippen LogP contribution >= 0.6 is 15.9 Å². The molecule has 2 rings (SSSR count). The number of hydrogen-bond acceptors (Lipinski definition) is 3. The number of nitrogens with zero attached hydrogens (tertiary/aromatic N) is 1. The Bertz CT molecular complexity index is 699. The molecule has 1 amide bonds. The summed E-state index contributed by atoms with van der Waals surface area (Å²) in [7, 11) is 0. The third-order valence-corrected chi connectivity index (χ3v) is 3.21. The molecule has 0 aliphatic carbocycles. The number of halogens is 1. The average molecular weight is 330 g/mol. The van der Waals surface area contributed by atoms with E-state index < -0.39 is 0 Å². The molecule has 0 spiro atoms. The van der Waals surface area contributed by atoms with Gasteiger partial charge in [0.1, 0.15) is 6.07 Å². The summed E-state index contributed by atoms with van der Waals surface area (Å²) in [6.07, 6.45) is 0. The number of rotatable bonds is 2. The third-order valence-electron chi connectivity index (χ3n) is 2.71. The van der Waals surface area contributed by atoms with Gasteiger partial charge in [0.25, 0.3) is 5.91 Å². The second kappa shape index (κ2) is 5.76. The molecular weight excluding hydrogens is 318 g/mol. The predicted molar refractivity (Wildman–Crippen MR) is 82.4 cm³/mol. The Kier molecular flexibility index (Phi) is 4.06. The molecule has 0 fully saturated rings. The summed E-state index contributed by atoms with van der Waals surface area (Å²) in [4.78, 5) is 12.2. The van der Waals surface area contributed by atoms with Gasteiger partial charge in [-0.2, -0.15) is 5.26 Å². The second-order valence-corrected chi connectivity index (χ2v) is 5.30. The molecule has 20 heavy (non-hydrogen) atoms. The van der Waals surface area contributed by atoms with Crippen molar-refractivity contribution in [1.82, 2.24) is 0 Å². The number of anilines is 2. The van der Waals surface area contributed by atoms with E-state index in [2.05, 4.69) is 21.2 Å². The number of benzene rings is 2. The van der Waals surface area contributed by atoms with Crippen molar-refractivity contribution in [2.45, 2.75) is 6.92 Å². The van der Waals surface area contributed by atoms with E-state index >= 15 is 0 Å². The molecule has 100 valence electrons. The first-order chi connectivity index (χ1) is 9.49. The Hall–Kier alpha value is -2.32. The Balaban J connectivity index is 2.30. The van der Waals surface area contributed by atoms with Gasteiger partial charge in [0.05, 0.1) is 11.3 Å². The van der Waals surface area contributed by atoms with E-state index in [0.29, 0.717) is 22.5 Å². The van der Waals surface area contributed by atoms with Gasteiger partial charge in [-0.05, 0) is 48.9 Å². The van der Waals surface area contributed by atoms with Crippen LogP contribution in [0.25, 0.3) is 0 Å². The SMILES string of the molecule is Cc1cc(N)cc(C(=O)Nc2ccc(Br)cc2C#N)c1. The number of carbonyl (C=O) groups is 1. The van der Waals surface area contributed by atoms with Crippen molar-refractivity contribution >= 4 is 33.2 Å². The van der Waals surface area contributed by atoms with Crippen LogP contribution in [0.5, 0.6) is 0 Å². The van der Waals surface area contributed by atoms with Crippen molar-refractivity contribution in [2.24, 2.45) is 0 Å². The minimum absolute atomic E-state index is 0.292. The highest BCUT2D eigenvalue weighted by Crippen LogP contribution is 2.21. The Labute approximate surface area is 125 Å². The van der Waals surface area contributed by atoms with Gasteiger partial charge in [-0.3, -0.25) is 4.79 Å². The first-order valence-electron chi connectivity index (χ1n) is 5.88. The Morgan fingerprint density at radius 2 is 2.05 bits per heavy atom. The van der Waals surface area contributed by atoms with E-state index in [1.54, 1.807) is 36.4 Å². The Morgan fingerprint density at radius 3 is 2.70 bits per heavy atom. The number of nitrogen functional groups attached to an aromatic ring is 1. The van der Waals surface area contributed by atoms with Crippen molar-refractivity contribution in [3.05, 3.63) is 57.6 Å². The Morgan fingerprint density at radius 1 is 1.30 bits per heavy atom. The summed E-state index contributed by atoms with van der Waals surface area (Å²) in [5.74, 6) is -0.292. The molecule has 3 N–H and O–H groups in total. The molecule has 2 aromatic carbocycles. The first-order valence-corrected chi connectivity index (χ1v) is 6.67. The summed E-state index contributed by atoms with van der Waals surface area (Å²) in [5, 5.41) is 11.8. The van der Waals surface area contributed by atoms with Crippen LogP contribution < -0.4 is 11.1 Å². The molecule has 0 saturated carbocycles. The molecule has 0 atom stereocenters. The van der Waals surface area contributed by atoms with Gasteiger partial charge in [0, 0.05) is 15.7 Å². The molecule has 0 bridgehead atoms. The second-order valence-electron chi connectivity index (χ2n) is 4.39. The van der Waals surface area contributed by atoms with Crippen LogP contribution in [0.4, 0.5) is 11.4 Å². The molecule has 0 aliphatic rings. The molecular formula is C15H12BrN3O. The normalized spacial score (nSPS) is 9.85. The zero-order chi connectivity index (χ0) is 14.7. The number of carbonyl (C=O) groups excluding carboxylic acids is 1. The number of nitrogens with one attached hydrogen (secondary N) is 1. The zero-order valence-electron chi connectivity index (χ0n) is 10.8. The highest BCUT2D eigenvalue weighted by molar-refractivity contribution is 9.10. The zero-order valence-corrected chi connectivity index (χ0v) is 12.4. The molecule has 0 heterocycles. The van der Waals surface area contributed by atoms with E-state index in [9.17, 15) is 4.79 Å². The quantitative estimate of drug-likeness (QED) is 0.828. The van der Waals surface area contributed by atoms with Gasteiger partial charge in [0.15, 0.2) is 0 Å². The maximum Gasteiger partial charge on any atom is 0.255 e. The lowest BCUT2D eigenvalue weighted by Gasteiger charge is -2.08. The molecule has 0 radical (unpaired) electrons. The predicted octanol–water partition coefficient (Wildman–Crippen LogP) is 3.46. The fourth-order valence-electron chi connectivity index (χ4n) is 1.86. The van der Waals surface area contributed by atoms with Crippen LogP contribution in [0.15, 0.2) is 40.9 Å². The van der Waals surface area contributed by atoms with Crippen LogP contribution in [0.3, 0.4) is 0 Å². The lowest BCUT2D eigenvalue weighted by atomic mass is 10.1. The summed E-state index contributed by atoms with van der Waals surface area (Å²) in [5.41, 5.74) is 8.51. The topological polar surface area (TPSA) is 78.9 Å². The van der Waals surface area contributed by atoms with Crippen molar-refractivity contribution in [2.75, 3.05) is 11.1 Å². The van der Waals surface area contributed by atoms with Crippen LogP contribution in [0.1, 0.15) is 21.5 Å². The van der Waals surface area contributed by atoms with Crippen LogP contribution in [-0.4, -0.2) is 5.91 Å². The lowest BCUT2D eigenvalue weighted by molar-refractivity contribution is 0.102. The number of amides is 1. The van der Waals surface area contributed by atoms with E-state index in [1.807, 2.05) is 13.0 Å². The fraction of sp³-hybridized carbons (Fsp3) is 0.0667. The minimum Gasteiger partial charge on any atom is -0.399 e. The van der Waals surface area contributed by atoms with Crippen LogP contribution in [0.2, 0.25) is 0 Å². The molecule has 0 aliphatic heterocycles. The lowest BCUT2D eigenvalue weighted by Crippen LogP contribution is -2.13. The number of aryl methyl sites for hydroxylation is 1. The molecule has 4 nitrogen and oxygen atoms in total. The average Bonchev–Trinajstić information content (AvgIpc) is 2.39. The van der Waals surface area contributed by atoms with Crippen molar-refractivity contribution in [3.8, 4) is 6.07 Å². The summed E-state index contributed by atoms with van der Waals surface area (Å²) < 4.78 is 0.784. The van der Waals surface area contributed by atoms with Gasteiger partial charge >= 0.3 is 0 Å². The summed E-state index contributed by atoms with van der Waals surface area (Å²) in [6.45, 7) is 1.87. The fourth-order valence-corrected chi connectivity index (χ4v) is 2.22. The number of nitriles is 1. The van der Waals surface area contributed by atoms with Gasteiger partial charge in [0.2, 0.25) is 0 Å². The van der Waals surface area contributed by atoms with E-state index in [1.165, 1.54) is 0 Å². The van der Waals surface area contributed by atoms with Gasteiger partial charge in [-0.1, -0.05) is 15.9 Å². The maximum atomic E-state index is 12.2. The van der Waals surface area contributed by atoms with E-state index in [4.69, 9.17) is 11.0 Å². The van der Waals surface area contributed by atoms with Crippen molar-refractivity contribution in [3.63, 3.8) is 0 Å². The molecule has 2 aromatic rings. The molecule has 0 aromatic heterocycles.